The number of ether oxygens (including phenoxy) is 1. The predicted octanol–water partition coefficient (Wildman–Crippen LogP) is 3.93. The first-order valence-corrected chi connectivity index (χ1v) is 8.66. The van der Waals surface area contributed by atoms with Crippen LogP contribution in [0.3, 0.4) is 0 Å². The van der Waals surface area contributed by atoms with E-state index in [0.29, 0.717) is 6.61 Å². The molecule has 4 nitrogen and oxygen atoms in total. The molecule has 0 bridgehead atoms. The summed E-state index contributed by atoms with van der Waals surface area (Å²) in [6.07, 6.45) is -0.448. The number of nitrogens with one attached hydrogen (secondary N) is 1. The smallest absolute Gasteiger partial charge is 0.407 e. The van der Waals surface area contributed by atoms with E-state index in [2.05, 4.69) is 29.6 Å². The maximum Gasteiger partial charge on any atom is 0.407 e. The first-order valence-electron chi connectivity index (χ1n) is 8.66. The number of rotatable bonds is 5. The molecule has 0 heterocycles. The van der Waals surface area contributed by atoms with Gasteiger partial charge in [0.15, 0.2) is 0 Å². The Bertz CT molecular complexity index is 724. The second-order valence-electron chi connectivity index (χ2n) is 7.34. The molecule has 1 amide bonds. The molecule has 0 fully saturated rings. The van der Waals surface area contributed by atoms with Gasteiger partial charge in [-0.2, -0.15) is 0 Å². The van der Waals surface area contributed by atoms with Crippen molar-refractivity contribution in [3.63, 3.8) is 0 Å². The van der Waals surface area contributed by atoms with Crippen molar-refractivity contribution in [1.29, 1.82) is 0 Å². The maximum absolute atomic E-state index is 12.2. The molecule has 3 rings (SSSR count). The highest BCUT2D eigenvalue weighted by Gasteiger charge is 2.30. The van der Waals surface area contributed by atoms with Crippen LogP contribution in [0.1, 0.15) is 37.8 Å². The molecule has 2 aromatic carbocycles. The van der Waals surface area contributed by atoms with Gasteiger partial charge in [-0.25, -0.2) is 4.79 Å². The van der Waals surface area contributed by atoms with E-state index < -0.39 is 11.5 Å². The summed E-state index contributed by atoms with van der Waals surface area (Å²) in [5, 5.41) is 12.2. The molecule has 0 spiro atoms. The summed E-state index contributed by atoms with van der Waals surface area (Å²) in [7, 11) is 0. The number of amides is 1. The predicted molar refractivity (Wildman–Crippen MR) is 98.5 cm³/mol. The fourth-order valence-corrected chi connectivity index (χ4v) is 3.15. The van der Waals surface area contributed by atoms with Gasteiger partial charge in [0.25, 0.3) is 0 Å². The summed E-state index contributed by atoms with van der Waals surface area (Å²) in [5.41, 5.74) is 4.41. The molecule has 2 N–H and O–H groups in total. The van der Waals surface area contributed by atoms with Crippen LogP contribution in [0.5, 0.6) is 0 Å². The quantitative estimate of drug-likeness (QED) is 0.868. The molecule has 2 aromatic rings. The standard InChI is InChI=1S/C21H25NO3/c1-14(21(2,3)13-23)22-20(24)25-12-19-17-10-6-4-8-15(17)16-9-5-7-11-18(16)19/h4-11,14,19,23H,12-13H2,1-3H3,(H,22,24). The highest BCUT2D eigenvalue weighted by Crippen LogP contribution is 2.44. The third-order valence-corrected chi connectivity index (χ3v) is 5.26. The van der Waals surface area contributed by atoms with Crippen LogP contribution >= 0.6 is 0 Å². The molecular formula is C21H25NO3. The van der Waals surface area contributed by atoms with Crippen molar-refractivity contribution in [2.45, 2.75) is 32.7 Å². The van der Waals surface area contributed by atoms with Gasteiger partial charge in [0.1, 0.15) is 6.61 Å². The number of aliphatic hydroxyl groups excluding tert-OH is 1. The van der Waals surface area contributed by atoms with E-state index in [-0.39, 0.29) is 18.6 Å². The number of hydrogen-bond donors (Lipinski definition) is 2. The van der Waals surface area contributed by atoms with Gasteiger partial charge in [-0.1, -0.05) is 62.4 Å². The number of fused-ring (bicyclic) bond motifs is 3. The summed E-state index contributed by atoms with van der Waals surface area (Å²) in [4.78, 5) is 12.2. The van der Waals surface area contributed by atoms with E-state index in [4.69, 9.17) is 4.74 Å². The van der Waals surface area contributed by atoms with Gasteiger partial charge in [-0.15, -0.1) is 0 Å². The Morgan fingerprint density at radius 2 is 1.64 bits per heavy atom. The Morgan fingerprint density at radius 1 is 1.12 bits per heavy atom. The lowest BCUT2D eigenvalue weighted by atomic mass is 9.87. The van der Waals surface area contributed by atoms with E-state index >= 15 is 0 Å². The van der Waals surface area contributed by atoms with Crippen molar-refractivity contribution in [3.05, 3.63) is 59.7 Å². The Balaban J connectivity index is 1.71. The first-order chi connectivity index (χ1) is 11.9. The third-order valence-electron chi connectivity index (χ3n) is 5.26. The highest BCUT2D eigenvalue weighted by molar-refractivity contribution is 5.79. The normalized spacial score (nSPS) is 14.6. The van der Waals surface area contributed by atoms with Gasteiger partial charge < -0.3 is 15.2 Å². The van der Waals surface area contributed by atoms with Gasteiger partial charge in [0.05, 0.1) is 6.61 Å². The second kappa shape index (κ2) is 6.89. The summed E-state index contributed by atoms with van der Waals surface area (Å²) in [5.74, 6) is 0.0549. The third kappa shape index (κ3) is 3.40. The lowest BCUT2D eigenvalue weighted by Crippen LogP contribution is -2.45. The Labute approximate surface area is 148 Å². The average Bonchev–Trinajstić information content (AvgIpc) is 2.94. The fourth-order valence-electron chi connectivity index (χ4n) is 3.15. The number of carbonyl (C=O) groups excluding carboxylic acids is 1. The molecular weight excluding hydrogens is 314 g/mol. The lowest BCUT2D eigenvalue weighted by molar-refractivity contribution is 0.102. The minimum atomic E-state index is -0.448. The lowest BCUT2D eigenvalue weighted by Gasteiger charge is -2.30. The van der Waals surface area contributed by atoms with Crippen molar-refractivity contribution < 1.29 is 14.6 Å². The van der Waals surface area contributed by atoms with E-state index in [9.17, 15) is 9.90 Å². The Morgan fingerprint density at radius 3 is 2.16 bits per heavy atom. The highest BCUT2D eigenvalue weighted by atomic mass is 16.5. The Hall–Kier alpha value is -2.33. The van der Waals surface area contributed by atoms with Crippen LogP contribution in [0.4, 0.5) is 4.79 Å². The average molecular weight is 339 g/mol. The zero-order chi connectivity index (χ0) is 18.0. The number of alkyl carbamates (subject to hydrolysis) is 1. The van der Waals surface area contributed by atoms with Crippen LogP contribution in [-0.4, -0.2) is 30.5 Å². The van der Waals surface area contributed by atoms with Crippen molar-refractivity contribution in [1.82, 2.24) is 5.32 Å². The van der Waals surface area contributed by atoms with Crippen LogP contribution in [0.15, 0.2) is 48.5 Å². The SMILES string of the molecule is CC(NC(=O)OCC1c2ccccc2-c2ccccc21)C(C)(C)CO. The van der Waals surface area contributed by atoms with Gasteiger partial charge in [-0.05, 0) is 29.2 Å². The fraction of sp³-hybridized carbons (Fsp3) is 0.381. The van der Waals surface area contributed by atoms with Crippen LogP contribution < -0.4 is 5.32 Å². The zero-order valence-electron chi connectivity index (χ0n) is 15.0. The van der Waals surface area contributed by atoms with Crippen LogP contribution in [0, 0.1) is 5.41 Å². The van der Waals surface area contributed by atoms with E-state index in [1.54, 1.807) is 0 Å². The van der Waals surface area contributed by atoms with Gasteiger partial charge >= 0.3 is 6.09 Å². The molecule has 1 atom stereocenters. The van der Waals surface area contributed by atoms with Crippen molar-refractivity contribution in [2.24, 2.45) is 5.41 Å². The molecule has 0 saturated carbocycles. The molecule has 4 heteroatoms. The maximum atomic E-state index is 12.2. The minimum absolute atomic E-state index is 0.00216. The van der Waals surface area contributed by atoms with Gasteiger partial charge in [-0.3, -0.25) is 0 Å². The van der Waals surface area contributed by atoms with Crippen LogP contribution in [0.2, 0.25) is 0 Å². The molecule has 1 unspecified atom stereocenters. The summed E-state index contributed by atoms with van der Waals surface area (Å²) in [6.45, 7) is 5.98. The summed E-state index contributed by atoms with van der Waals surface area (Å²) in [6, 6.07) is 16.3. The minimum Gasteiger partial charge on any atom is -0.449 e. The van der Waals surface area contributed by atoms with Gasteiger partial charge in [0, 0.05) is 17.4 Å². The topological polar surface area (TPSA) is 58.6 Å². The molecule has 0 radical (unpaired) electrons. The molecule has 0 aromatic heterocycles. The van der Waals surface area contributed by atoms with Crippen LogP contribution in [0.25, 0.3) is 11.1 Å². The summed E-state index contributed by atoms with van der Waals surface area (Å²) >= 11 is 0. The molecule has 25 heavy (non-hydrogen) atoms. The number of aliphatic hydroxyl groups is 1. The molecule has 0 aliphatic heterocycles. The van der Waals surface area contributed by atoms with Crippen LogP contribution in [-0.2, 0) is 4.74 Å². The first kappa shape index (κ1) is 17.5. The van der Waals surface area contributed by atoms with E-state index in [1.807, 2.05) is 45.0 Å². The summed E-state index contributed by atoms with van der Waals surface area (Å²) < 4.78 is 5.52. The van der Waals surface area contributed by atoms with Crippen molar-refractivity contribution in [3.8, 4) is 11.1 Å². The number of hydrogen-bond acceptors (Lipinski definition) is 3. The second-order valence-corrected chi connectivity index (χ2v) is 7.34. The number of carbonyl (C=O) groups is 1. The van der Waals surface area contributed by atoms with Gasteiger partial charge in [0.2, 0.25) is 0 Å². The Kier molecular flexibility index (Phi) is 4.82. The number of benzene rings is 2. The monoisotopic (exact) mass is 339 g/mol. The molecule has 1 aliphatic carbocycles. The zero-order valence-corrected chi connectivity index (χ0v) is 15.0. The largest absolute Gasteiger partial charge is 0.449 e. The van der Waals surface area contributed by atoms with Crippen molar-refractivity contribution >= 4 is 6.09 Å². The van der Waals surface area contributed by atoms with Crippen molar-refractivity contribution in [2.75, 3.05) is 13.2 Å². The van der Waals surface area contributed by atoms with E-state index in [0.717, 1.165) is 0 Å². The van der Waals surface area contributed by atoms with E-state index in [1.165, 1.54) is 22.3 Å². The molecule has 1 aliphatic rings. The molecule has 0 saturated heterocycles. The molecule has 132 valence electrons.